The van der Waals surface area contributed by atoms with Gasteiger partial charge in [-0.05, 0) is 33.8 Å². The molecule has 0 atom stereocenters. The fraction of sp³-hybridized carbons (Fsp3) is 0.833. The molecule has 0 amide bonds. The van der Waals surface area contributed by atoms with Crippen LogP contribution >= 0.6 is 0 Å². The van der Waals surface area contributed by atoms with Crippen molar-refractivity contribution in [1.29, 1.82) is 0 Å². The maximum atomic E-state index is 3.73. The SMILES string of the molecule is C=NCCCN(C)C. The molecule has 2 heteroatoms. The Morgan fingerprint density at radius 2 is 2.12 bits per heavy atom. The van der Waals surface area contributed by atoms with Crippen molar-refractivity contribution < 1.29 is 0 Å². The first kappa shape index (κ1) is 7.63. The van der Waals surface area contributed by atoms with Crippen molar-refractivity contribution in [3.05, 3.63) is 0 Å². The van der Waals surface area contributed by atoms with Crippen molar-refractivity contribution >= 4 is 6.72 Å². The van der Waals surface area contributed by atoms with Crippen LogP contribution in [0, 0.1) is 0 Å². The van der Waals surface area contributed by atoms with Gasteiger partial charge < -0.3 is 9.89 Å². The number of aliphatic imine (C=N–C) groups is 1. The molecule has 0 spiro atoms. The van der Waals surface area contributed by atoms with Crippen molar-refractivity contribution in [2.45, 2.75) is 6.42 Å². The zero-order valence-corrected chi connectivity index (χ0v) is 5.72. The van der Waals surface area contributed by atoms with E-state index in [0.717, 1.165) is 19.5 Å². The zero-order valence-electron chi connectivity index (χ0n) is 5.72. The van der Waals surface area contributed by atoms with E-state index in [1.165, 1.54) is 0 Å². The Hall–Kier alpha value is -0.370. The average Bonchev–Trinajstić information content (AvgIpc) is 1.66. The summed E-state index contributed by atoms with van der Waals surface area (Å²) < 4.78 is 0. The standard InChI is InChI=1S/C6H14N2/c1-7-5-4-6-8(2)3/h1,4-6H2,2-3H3. The molecular weight excluding hydrogens is 100 g/mol. The van der Waals surface area contributed by atoms with E-state index in [2.05, 4.69) is 30.7 Å². The Labute approximate surface area is 51.2 Å². The maximum Gasteiger partial charge on any atom is 0.0394 e. The van der Waals surface area contributed by atoms with E-state index in [0.29, 0.717) is 0 Å². The summed E-state index contributed by atoms with van der Waals surface area (Å²) in [5.74, 6) is 0. The lowest BCUT2D eigenvalue weighted by Gasteiger charge is -2.05. The number of hydrogen-bond acceptors (Lipinski definition) is 2. The van der Waals surface area contributed by atoms with Crippen LogP contribution in [0.5, 0.6) is 0 Å². The summed E-state index contributed by atoms with van der Waals surface area (Å²) in [5.41, 5.74) is 0. The highest BCUT2D eigenvalue weighted by Gasteiger charge is 1.85. The highest BCUT2D eigenvalue weighted by atomic mass is 15.0. The highest BCUT2D eigenvalue weighted by Crippen LogP contribution is 1.81. The van der Waals surface area contributed by atoms with Crippen LogP contribution in [-0.4, -0.2) is 38.8 Å². The van der Waals surface area contributed by atoms with Crippen molar-refractivity contribution in [2.75, 3.05) is 27.2 Å². The number of hydrogen-bond donors (Lipinski definition) is 0. The van der Waals surface area contributed by atoms with Crippen LogP contribution in [0.25, 0.3) is 0 Å². The third-order valence-electron chi connectivity index (χ3n) is 0.922. The van der Waals surface area contributed by atoms with Gasteiger partial charge >= 0.3 is 0 Å². The van der Waals surface area contributed by atoms with Crippen LogP contribution in [-0.2, 0) is 0 Å². The van der Waals surface area contributed by atoms with Gasteiger partial charge in [0.05, 0.1) is 0 Å². The summed E-state index contributed by atoms with van der Waals surface area (Å²) in [6.07, 6.45) is 1.12. The molecule has 0 bridgehead atoms. The highest BCUT2D eigenvalue weighted by molar-refractivity contribution is 5.22. The largest absolute Gasteiger partial charge is 0.309 e. The molecule has 0 heterocycles. The zero-order chi connectivity index (χ0) is 6.41. The van der Waals surface area contributed by atoms with Gasteiger partial charge in [0, 0.05) is 6.54 Å². The Morgan fingerprint density at radius 1 is 1.50 bits per heavy atom. The molecule has 48 valence electrons. The Bertz CT molecular complexity index is 59.5. The number of nitrogens with zero attached hydrogens (tertiary/aromatic N) is 2. The van der Waals surface area contributed by atoms with Crippen molar-refractivity contribution in [2.24, 2.45) is 4.99 Å². The summed E-state index contributed by atoms with van der Waals surface area (Å²) in [6.45, 7) is 5.39. The minimum absolute atomic E-state index is 0.887. The van der Waals surface area contributed by atoms with Crippen LogP contribution in [0.1, 0.15) is 6.42 Å². The van der Waals surface area contributed by atoms with Gasteiger partial charge in [0.25, 0.3) is 0 Å². The van der Waals surface area contributed by atoms with Gasteiger partial charge in [0.15, 0.2) is 0 Å². The minimum Gasteiger partial charge on any atom is -0.309 e. The van der Waals surface area contributed by atoms with Gasteiger partial charge in [-0.2, -0.15) is 0 Å². The van der Waals surface area contributed by atoms with Crippen LogP contribution in [0.3, 0.4) is 0 Å². The van der Waals surface area contributed by atoms with Gasteiger partial charge in [-0.25, -0.2) is 0 Å². The molecule has 2 nitrogen and oxygen atoms in total. The van der Waals surface area contributed by atoms with E-state index in [9.17, 15) is 0 Å². The predicted molar refractivity (Wildman–Crippen MR) is 37.6 cm³/mol. The molecule has 0 rings (SSSR count). The van der Waals surface area contributed by atoms with E-state index in [1.807, 2.05) is 0 Å². The fourth-order valence-corrected chi connectivity index (χ4v) is 0.499. The smallest absolute Gasteiger partial charge is 0.0394 e. The molecule has 0 aromatic carbocycles. The minimum atomic E-state index is 0.887. The first-order valence-electron chi connectivity index (χ1n) is 2.84. The molecule has 0 radical (unpaired) electrons. The van der Waals surface area contributed by atoms with Crippen LogP contribution in [0.15, 0.2) is 4.99 Å². The second-order valence-corrected chi connectivity index (χ2v) is 2.10. The van der Waals surface area contributed by atoms with E-state index in [-0.39, 0.29) is 0 Å². The maximum absolute atomic E-state index is 3.73. The fourth-order valence-electron chi connectivity index (χ4n) is 0.499. The Balaban J connectivity index is 2.81. The first-order chi connectivity index (χ1) is 3.77. The molecule has 0 fully saturated rings. The van der Waals surface area contributed by atoms with Gasteiger partial charge in [0.1, 0.15) is 0 Å². The van der Waals surface area contributed by atoms with Gasteiger partial charge in [0.2, 0.25) is 0 Å². The van der Waals surface area contributed by atoms with E-state index >= 15 is 0 Å². The van der Waals surface area contributed by atoms with E-state index < -0.39 is 0 Å². The molecule has 0 aliphatic rings. The summed E-state index contributed by atoms with van der Waals surface area (Å²) in [7, 11) is 4.12. The van der Waals surface area contributed by atoms with Gasteiger partial charge in [-0.3, -0.25) is 0 Å². The molecule has 0 aromatic rings. The number of rotatable bonds is 4. The Kier molecular flexibility index (Phi) is 4.56. The molecule has 0 aliphatic heterocycles. The van der Waals surface area contributed by atoms with Crippen molar-refractivity contribution in [3.63, 3.8) is 0 Å². The quantitative estimate of drug-likeness (QED) is 0.387. The summed E-state index contributed by atoms with van der Waals surface area (Å²) in [6, 6.07) is 0. The van der Waals surface area contributed by atoms with E-state index in [4.69, 9.17) is 0 Å². The summed E-state index contributed by atoms with van der Waals surface area (Å²) in [4.78, 5) is 5.88. The van der Waals surface area contributed by atoms with Crippen LogP contribution in [0.2, 0.25) is 0 Å². The molecule has 0 unspecified atom stereocenters. The predicted octanol–water partition coefficient (Wildman–Crippen LogP) is 0.639. The second kappa shape index (κ2) is 4.78. The lowest BCUT2D eigenvalue weighted by Crippen LogP contribution is -2.13. The average molecular weight is 114 g/mol. The molecule has 0 aromatic heterocycles. The normalized spacial score (nSPS) is 9.88. The second-order valence-electron chi connectivity index (χ2n) is 2.10. The molecule has 0 aliphatic carbocycles. The summed E-state index contributed by atoms with van der Waals surface area (Å²) >= 11 is 0. The van der Waals surface area contributed by atoms with Crippen LogP contribution < -0.4 is 0 Å². The lowest BCUT2D eigenvalue weighted by molar-refractivity contribution is 0.403. The van der Waals surface area contributed by atoms with E-state index in [1.54, 1.807) is 0 Å². The van der Waals surface area contributed by atoms with Crippen LogP contribution in [0.4, 0.5) is 0 Å². The third-order valence-corrected chi connectivity index (χ3v) is 0.922. The first-order valence-corrected chi connectivity index (χ1v) is 2.84. The molecule has 0 saturated heterocycles. The molecule has 0 N–H and O–H groups in total. The summed E-state index contributed by atoms with van der Waals surface area (Å²) in [5, 5.41) is 0. The van der Waals surface area contributed by atoms with Crippen molar-refractivity contribution in [3.8, 4) is 0 Å². The third kappa shape index (κ3) is 5.63. The Morgan fingerprint density at radius 3 is 2.50 bits per heavy atom. The monoisotopic (exact) mass is 114 g/mol. The molecule has 0 saturated carbocycles. The lowest BCUT2D eigenvalue weighted by atomic mass is 10.4. The topological polar surface area (TPSA) is 15.6 Å². The molecular formula is C6H14N2. The van der Waals surface area contributed by atoms with Gasteiger partial charge in [-0.1, -0.05) is 0 Å². The van der Waals surface area contributed by atoms with Crippen molar-refractivity contribution in [1.82, 2.24) is 4.90 Å². The van der Waals surface area contributed by atoms with Gasteiger partial charge in [-0.15, -0.1) is 0 Å². The molecule has 8 heavy (non-hydrogen) atoms.